The van der Waals surface area contributed by atoms with E-state index in [4.69, 9.17) is 16.6 Å². The van der Waals surface area contributed by atoms with Gasteiger partial charge in [0.2, 0.25) is 0 Å². The van der Waals surface area contributed by atoms with E-state index in [2.05, 4.69) is 0 Å². The number of hydrogen-bond acceptors (Lipinski definition) is 3. The molecule has 0 amide bonds. The lowest BCUT2D eigenvalue weighted by atomic mass is 10.2. The maximum absolute atomic E-state index is 7.46. The van der Waals surface area contributed by atoms with Gasteiger partial charge in [-0.2, -0.15) is 0 Å². The SMILES string of the molecule is CCC(=N)CN(CCN)C(C)=N. The zero-order chi connectivity index (χ0) is 9.56. The van der Waals surface area contributed by atoms with Gasteiger partial charge >= 0.3 is 0 Å². The van der Waals surface area contributed by atoms with Crippen molar-refractivity contribution in [2.45, 2.75) is 20.3 Å². The third-order valence-corrected chi connectivity index (χ3v) is 1.68. The van der Waals surface area contributed by atoms with Crippen molar-refractivity contribution in [3.8, 4) is 0 Å². The Labute approximate surface area is 73.8 Å². The number of rotatable bonds is 5. The monoisotopic (exact) mass is 170 g/mol. The molecule has 4 heteroatoms. The van der Waals surface area contributed by atoms with Gasteiger partial charge in [-0.3, -0.25) is 5.41 Å². The summed E-state index contributed by atoms with van der Waals surface area (Å²) in [5.41, 5.74) is 6.02. The van der Waals surface area contributed by atoms with Crippen molar-refractivity contribution >= 4 is 11.5 Å². The van der Waals surface area contributed by atoms with Gasteiger partial charge in [0.15, 0.2) is 0 Å². The van der Waals surface area contributed by atoms with E-state index in [-0.39, 0.29) is 0 Å². The number of nitrogens with one attached hydrogen (secondary N) is 2. The van der Waals surface area contributed by atoms with Gasteiger partial charge in [-0.05, 0) is 13.3 Å². The summed E-state index contributed by atoms with van der Waals surface area (Å²) in [7, 11) is 0. The van der Waals surface area contributed by atoms with Crippen molar-refractivity contribution < 1.29 is 0 Å². The van der Waals surface area contributed by atoms with Crippen LogP contribution in [0.3, 0.4) is 0 Å². The fourth-order valence-electron chi connectivity index (χ4n) is 0.863. The molecular formula is C8H18N4. The molecule has 0 aromatic heterocycles. The van der Waals surface area contributed by atoms with Crippen molar-refractivity contribution in [2.75, 3.05) is 19.6 Å². The van der Waals surface area contributed by atoms with Gasteiger partial charge in [-0.1, -0.05) is 6.92 Å². The molecule has 0 heterocycles. The molecule has 0 spiro atoms. The second-order valence-electron chi connectivity index (χ2n) is 2.75. The highest BCUT2D eigenvalue weighted by Crippen LogP contribution is 1.92. The number of amidine groups is 1. The lowest BCUT2D eigenvalue weighted by Gasteiger charge is -2.22. The minimum atomic E-state index is 0.485. The average molecular weight is 170 g/mol. The molecule has 0 atom stereocenters. The van der Waals surface area contributed by atoms with Crippen molar-refractivity contribution in [2.24, 2.45) is 5.73 Å². The minimum absolute atomic E-state index is 0.485. The highest BCUT2D eigenvalue weighted by Gasteiger charge is 2.05. The zero-order valence-corrected chi connectivity index (χ0v) is 7.85. The summed E-state index contributed by atoms with van der Waals surface area (Å²) in [6.45, 7) is 5.41. The topological polar surface area (TPSA) is 77.0 Å². The van der Waals surface area contributed by atoms with Crippen molar-refractivity contribution in [3.63, 3.8) is 0 Å². The van der Waals surface area contributed by atoms with Crippen molar-refractivity contribution in [3.05, 3.63) is 0 Å². The summed E-state index contributed by atoms with van der Waals surface area (Å²) < 4.78 is 0. The van der Waals surface area contributed by atoms with E-state index in [9.17, 15) is 0 Å². The first kappa shape index (κ1) is 11.1. The second-order valence-corrected chi connectivity index (χ2v) is 2.75. The van der Waals surface area contributed by atoms with Gasteiger partial charge in [0, 0.05) is 18.8 Å². The van der Waals surface area contributed by atoms with Crippen LogP contribution in [0.25, 0.3) is 0 Å². The van der Waals surface area contributed by atoms with E-state index in [0.717, 1.165) is 6.42 Å². The third kappa shape index (κ3) is 4.08. The molecular weight excluding hydrogens is 152 g/mol. The molecule has 0 saturated carbocycles. The van der Waals surface area contributed by atoms with Crippen LogP contribution in [0, 0.1) is 10.8 Å². The van der Waals surface area contributed by atoms with Gasteiger partial charge in [-0.25, -0.2) is 0 Å². The first-order valence-corrected chi connectivity index (χ1v) is 4.18. The van der Waals surface area contributed by atoms with Crippen LogP contribution in [0.4, 0.5) is 0 Å². The second kappa shape index (κ2) is 5.71. The molecule has 0 aliphatic rings. The fraction of sp³-hybridized carbons (Fsp3) is 0.750. The molecule has 0 aliphatic heterocycles. The Hall–Kier alpha value is -0.900. The maximum atomic E-state index is 7.46. The summed E-state index contributed by atoms with van der Waals surface area (Å²) >= 11 is 0. The van der Waals surface area contributed by atoms with Crippen LogP contribution >= 0.6 is 0 Å². The molecule has 0 aromatic rings. The minimum Gasteiger partial charge on any atom is -0.354 e. The molecule has 0 aromatic carbocycles. The summed E-state index contributed by atoms with van der Waals surface area (Å²) in [5.74, 6) is 0.485. The van der Waals surface area contributed by atoms with E-state index in [1.54, 1.807) is 6.92 Å². The van der Waals surface area contributed by atoms with E-state index in [0.29, 0.717) is 31.2 Å². The van der Waals surface area contributed by atoms with E-state index in [1.807, 2.05) is 11.8 Å². The van der Waals surface area contributed by atoms with Gasteiger partial charge in [-0.15, -0.1) is 0 Å². The van der Waals surface area contributed by atoms with Crippen LogP contribution < -0.4 is 5.73 Å². The Balaban J connectivity index is 3.95. The van der Waals surface area contributed by atoms with Gasteiger partial charge < -0.3 is 16.0 Å². The smallest absolute Gasteiger partial charge is 0.0929 e. The van der Waals surface area contributed by atoms with Crippen LogP contribution in [0.15, 0.2) is 0 Å². The zero-order valence-electron chi connectivity index (χ0n) is 7.85. The number of hydrogen-bond donors (Lipinski definition) is 3. The molecule has 4 N–H and O–H groups in total. The average Bonchev–Trinajstić information content (AvgIpc) is 2.03. The van der Waals surface area contributed by atoms with Crippen molar-refractivity contribution in [1.29, 1.82) is 10.8 Å². The van der Waals surface area contributed by atoms with E-state index < -0.39 is 0 Å². The van der Waals surface area contributed by atoms with E-state index in [1.165, 1.54) is 0 Å². The lowest BCUT2D eigenvalue weighted by molar-refractivity contribution is 0.475. The standard InChI is InChI=1S/C8H18N4/c1-3-8(11)6-12(5-4-9)7(2)10/h10-11H,3-6,9H2,1-2H3. The largest absolute Gasteiger partial charge is 0.354 e. The molecule has 70 valence electrons. The third-order valence-electron chi connectivity index (χ3n) is 1.68. The Kier molecular flexibility index (Phi) is 5.28. The molecule has 0 fully saturated rings. The van der Waals surface area contributed by atoms with Crippen LogP contribution in [-0.2, 0) is 0 Å². The summed E-state index contributed by atoms with van der Waals surface area (Å²) in [6.07, 6.45) is 0.744. The fourth-order valence-corrected chi connectivity index (χ4v) is 0.863. The Morgan fingerprint density at radius 2 is 2.00 bits per heavy atom. The Morgan fingerprint density at radius 1 is 1.42 bits per heavy atom. The molecule has 0 radical (unpaired) electrons. The first-order chi connectivity index (χ1) is 5.61. The predicted octanol–water partition coefficient (Wildman–Crippen LogP) is 0.674. The lowest BCUT2D eigenvalue weighted by Crippen LogP contribution is -2.36. The highest BCUT2D eigenvalue weighted by atomic mass is 15.2. The summed E-state index contributed by atoms with van der Waals surface area (Å²) in [6, 6.07) is 0. The predicted molar refractivity (Wildman–Crippen MR) is 52.0 cm³/mol. The number of nitrogens with zero attached hydrogens (tertiary/aromatic N) is 1. The molecule has 0 unspecified atom stereocenters. The van der Waals surface area contributed by atoms with Crippen LogP contribution in [0.2, 0.25) is 0 Å². The number of nitrogens with two attached hydrogens (primary N) is 1. The Morgan fingerprint density at radius 3 is 2.33 bits per heavy atom. The molecule has 4 nitrogen and oxygen atoms in total. The summed E-state index contributed by atoms with van der Waals surface area (Å²) in [4.78, 5) is 1.81. The molecule has 0 saturated heterocycles. The Bertz CT molecular complexity index is 162. The summed E-state index contributed by atoms with van der Waals surface area (Å²) in [5, 5.41) is 14.9. The van der Waals surface area contributed by atoms with Crippen molar-refractivity contribution in [1.82, 2.24) is 4.90 Å². The first-order valence-electron chi connectivity index (χ1n) is 4.18. The highest BCUT2D eigenvalue weighted by molar-refractivity contribution is 5.87. The normalized spacial score (nSPS) is 9.58. The van der Waals surface area contributed by atoms with Gasteiger partial charge in [0.1, 0.15) is 0 Å². The van der Waals surface area contributed by atoms with Gasteiger partial charge in [0.25, 0.3) is 0 Å². The quantitative estimate of drug-likeness (QED) is 0.419. The van der Waals surface area contributed by atoms with Crippen LogP contribution in [-0.4, -0.2) is 36.1 Å². The van der Waals surface area contributed by atoms with E-state index >= 15 is 0 Å². The molecule has 0 rings (SSSR count). The van der Waals surface area contributed by atoms with Crippen LogP contribution in [0.1, 0.15) is 20.3 Å². The van der Waals surface area contributed by atoms with Crippen LogP contribution in [0.5, 0.6) is 0 Å². The molecule has 12 heavy (non-hydrogen) atoms. The molecule has 0 aliphatic carbocycles. The molecule has 0 bridgehead atoms. The maximum Gasteiger partial charge on any atom is 0.0929 e. The van der Waals surface area contributed by atoms with Gasteiger partial charge in [0.05, 0.1) is 12.4 Å².